The molecule has 2 aromatic rings. The maximum Gasteiger partial charge on any atom is 0.193 e. The van der Waals surface area contributed by atoms with Crippen LogP contribution in [0.2, 0.25) is 0 Å². The minimum absolute atomic E-state index is 0.228. The summed E-state index contributed by atoms with van der Waals surface area (Å²) in [5.74, 6) is 0.742. The zero-order valence-electron chi connectivity index (χ0n) is 12.3. The second-order valence-corrected chi connectivity index (χ2v) is 5.94. The molecule has 0 spiro atoms. The molecule has 0 radical (unpaired) electrons. The molecule has 0 amide bonds. The summed E-state index contributed by atoms with van der Waals surface area (Å²) < 4.78 is 7.38. The van der Waals surface area contributed by atoms with E-state index < -0.39 is 0 Å². The van der Waals surface area contributed by atoms with Crippen molar-refractivity contribution in [2.75, 3.05) is 20.7 Å². The average Bonchev–Trinajstić information content (AvgIpc) is 2.99. The summed E-state index contributed by atoms with van der Waals surface area (Å²) in [6.45, 7) is 5.37. The standard InChI is InChI=1S/C13H21N5OS/c1-13(2,19-4)9-16-11(14-3)15-7-10-8-18-5-6-20-12(18)17-10/h5-6,8H,7,9H2,1-4H3,(H2,14,15,16). The van der Waals surface area contributed by atoms with Crippen molar-refractivity contribution >= 4 is 22.3 Å². The molecule has 2 heterocycles. The van der Waals surface area contributed by atoms with E-state index in [1.165, 1.54) is 0 Å². The van der Waals surface area contributed by atoms with E-state index in [9.17, 15) is 0 Å². The van der Waals surface area contributed by atoms with Crippen molar-refractivity contribution < 1.29 is 4.74 Å². The Morgan fingerprint density at radius 3 is 2.95 bits per heavy atom. The molecule has 20 heavy (non-hydrogen) atoms. The van der Waals surface area contributed by atoms with E-state index in [2.05, 4.69) is 20.6 Å². The Kier molecular flexibility index (Phi) is 4.61. The number of fused-ring (bicyclic) bond motifs is 1. The number of nitrogens with zero attached hydrogens (tertiary/aromatic N) is 3. The first-order valence-electron chi connectivity index (χ1n) is 6.45. The summed E-state index contributed by atoms with van der Waals surface area (Å²) in [7, 11) is 3.45. The maximum absolute atomic E-state index is 5.37. The van der Waals surface area contributed by atoms with Crippen LogP contribution in [0.5, 0.6) is 0 Å². The highest BCUT2D eigenvalue weighted by Crippen LogP contribution is 2.11. The summed E-state index contributed by atoms with van der Waals surface area (Å²) in [6, 6.07) is 0. The number of thiazole rings is 1. The molecule has 0 saturated heterocycles. The third-order valence-corrected chi connectivity index (χ3v) is 3.81. The van der Waals surface area contributed by atoms with Gasteiger partial charge in [0, 0.05) is 38.5 Å². The highest BCUT2D eigenvalue weighted by Gasteiger charge is 2.16. The van der Waals surface area contributed by atoms with Crippen LogP contribution in [0.4, 0.5) is 0 Å². The van der Waals surface area contributed by atoms with Crippen molar-refractivity contribution in [1.82, 2.24) is 20.0 Å². The zero-order valence-corrected chi connectivity index (χ0v) is 13.1. The Morgan fingerprint density at radius 2 is 2.30 bits per heavy atom. The van der Waals surface area contributed by atoms with Gasteiger partial charge in [-0.25, -0.2) is 4.98 Å². The van der Waals surface area contributed by atoms with Crippen LogP contribution in [0.25, 0.3) is 4.96 Å². The van der Waals surface area contributed by atoms with E-state index in [0.29, 0.717) is 13.1 Å². The van der Waals surface area contributed by atoms with Gasteiger partial charge in [-0.1, -0.05) is 0 Å². The van der Waals surface area contributed by atoms with Gasteiger partial charge >= 0.3 is 0 Å². The van der Waals surface area contributed by atoms with Crippen LogP contribution in [0.3, 0.4) is 0 Å². The lowest BCUT2D eigenvalue weighted by Crippen LogP contribution is -2.45. The van der Waals surface area contributed by atoms with E-state index in [1.54, 1.807) is 25.5 Å². The van der Waals surface area contributed by atoms with E-state index >= 15 is 0 Å². The van der Waals surface area contributed by atoms with Crippen molar-refractivity contribution in [2.45, 2.75) is 26.0 Å². The second kappa shape index (κ2) is 6.23. The van der Waals surface area contributed by atoms with Gasteiger partial charge in [-0.3, -0.25) is 9.39 Å². The average molecular weight is 295 g/mol. The predicted octanol–water partition coefficient (Wildman–Crippen LogP) is 1.49. The van der Waals surface area contributed by atoms with Gasteiger partial charge in [0.1, 0.15) is 0 Å². The van der Waals surface area contributed by atoms with Crippen LogP contribution in [0.1, 0.15) is 19.5 Å². The first-order chi connectivity index (χ1) is 9.54. The van der Waals surface area contributed by atoms with E-state index in [0.717, 1.165) is 16.6 Å². The van der Waals surface area contributed by atoms with Crippen LogP contribution in [0.15, 0.2) is 22.8 Å². The predicted molar refractivity (Wildman–Crippen MR) is 82.4 cm³/mol. The quantitative estimate of drug-likeness (QED) is 0.648. The molecule has 0 bridgehead atoms. The summed E-state index contributed by atoms with van der Waals surface area (Å²) in [5, 5.41) is 8.51. The van der Waals surface area contributed by atoms with Crippen molar-refractivity contribution in [1.29, 1.82) is 0 Å². The fraction of sp³-hybridized carbons (Fsp3) is 0.538. The van der Waals surface area contributed by atoms with Gasteiger partial charge in [0.2, 0.25) is 0 Å². The monoisotopic (exact) mass is 295 g/mol. The molecule has 0 aliphatic rings. The van der Waals surface area contributed by atoms with Crippen LogP contribution in [-0.2, 0) is 11.3 Å². The Bertz CT molecular complexity index is 558. The van der Waals surface area contributed by atoms with Crippen molar-refractivity contribution in [3.05, 3.63) is 23.5 Å². The summed E-state index contributed by atoms with van der Waals surface area (Å²) in [5.41, 5.74) is 0.764. The highest BCUT2D eigenvalue weighted by atomic mass is 32.1. The Labute approximate surface area is 122 Å². The number of imidazole rings is 1. The Hall–Kier alpha value is -1.60. The lowest BCUT2D eigenvalue weighted by molar-refractivity contribution is 0.0268. The molecule has 0 aliphatic carbocycles. The first kappa shape index (κ1) is 14.8. The molecule has 0 aromatic carbocycles. The highest BCUT2D eigenvalue weighted by molar-refractivity contribution is 7.15. The van der Waals surface area contributed by atoms with Crippen molar-refractivity contribution in [3.8, 4) is 0 Å². The molecule has 2 N–H and O–H groups in total. The molecule has 0 unspecified atom stereocenters. The second-order valence-electron chi connectivity index (χ2n) is 5.07. The van der Waals surface area contributed by atoms with Gasteiger partial charge in [-0.15, -0.1) is 11.3 Å². The van der Waals surface area contributed by atoms with Gasteiger partial charge in [0.15, 0.2) is 10.9 Å². The molecule has 2 rings (SSSR count). The number of hydrogen-bond donors (Lipinski definition) is 2. The number of guanidine groups is 1. The van der Waals surface area contributed by atoms with Gasteiger partial charge in [-0.2, -0.15) is 0 Å². The number of nitrogens with one attached hydrogen (secondary N) is 2. The van der Waals surface area contributed by atoms with E-state index in [-0.39, 0.29) is 5.60 Å². The minimum Gasteiger partial charge on any atom is -0.377 e. The molecular formula is C13H21N5OS. The van der Waals surface area contributed by atoms with Gasteiger partial charge in [0.05, 0.1) is 17.8 Å². The molecule has 0 atom stereocenters. The minimum atomic E-state index is -0.228. The lowest BCUT2D eigenvalue weighted by Gasteiger charge is -2.24. The number of aliphatic imine (C=N–C) groups is 1. The summed E-state index contributed by atoms with van der Waals surface area (Å²) in [6.07, 6.45) is 4.02. The number of aromatic nitrogens is 2. The molecule has 110 valence electrons. The normalized spacial score (nSPS) is 12.9. The largest absolute Gasteiger partial charge is 0.377 e. The number of hydrogen-bond acceptors (Lipinski definition) is 4. The molecule has 0 fully saturated rings. The van der Waals surface area contributed by atoms with Crippen LogP contribution in [-0.4, -0.2) is 41.6 Å². The number of methoxy groups -OCH3 is 1. The smallest absolute Gasteiger partial charge is 0.193 e. The van der Waals surface area contributed by atoms with Crippen molar-refractivity contribution in [2.24, 2.45) is 4.99 Å². The zero-order chi connectivity index (χ0) is 14.6. The van der Waals surface area contributed by atoms with Crippen LogP contribution in [0, 0.1) is 0 Å². The fourth-order valence-electron chi connectivity index (χ4n) is 1.62. The van der Waals surface area contributed by atoms with Crippen molar-refractivity contribution in [3.63, 3.8) is 0 Å². The Balaban J connectivity index is 1.86. The van der Waals surface area contributed by atoms with Gasteiger partial charge < -0.3 is 15.4 Å². The third-order valence-electron chi connectivity index (χ3n) is 3.04. The topological polar surface area (TPSA) is 63.0 Å². The van der Waals surface area contributed by atoms with Crippen LogP contribution < -0.4 is 10.6 Å². The SMILES string of the molecule is CN=C(NCc1cn2ccsc2n1)NCC(C)(C)OC. The number of rotatable bonds is 5. The molecule has 0 aliphatic heterocycles. The van der Waals surface area contributed by atoms with Crippen LogP contribution >= 0.6 is 11.3 Å². The molecule has 2 aromatic heterocycles. The lowest BCUT2D eigenvalue weighted by atomic mass is 10.1. The fourth-order valence-corrected chi connectivity index (χ4v) is 2.34. The first-order valence-corrected chi connectivity index (χ1v) is 7.33. The number of ether oxygens (including phenoxy) is 1. The summed E-state index contributed by atoms with van der Waals surface area (Å²) in [4.78, 5) is 9.71. The Morgan fingerprint density at radius 1 is 1.50 bits per heavy atom. The van der Waals surface area contributed by atoms with E-state index in [4.69, 9.17) is 4.74 Å². The van der Waals surface area contributed by atoms with Gasteiger partial charge in [-0.05, 0) is 13.8 Å². The molecular weight excluding hydrogens is 274 g/mol. The molecule has 6 nitrogen and oxygen atoms in total. The summed E-state index contributed by atoms with van der Waals surface area (Å²) >= 11 is 1.63. The molecule has 0 saturated carbocycles. The van der Waals surface area contributed by atoms with Gasteiger partial charge in [0.25, 0.3) is 0 Å². The molecule has 7 heteroatoms. The maximum atomic E-state index is 5.37. The van der Waals surface area contributed by atoms with E-state index in [1.807, 2.05) is 36.0 Å². The third kappa shape index (κ3) is 3.71.